The maximum absolute atomic E-state index is 12.1. The summed E-state index contributed by atoms with van der Waals surface area (Å²) in [5.41, 5.74) is 1.79. The molecule has 0 bridgehead atoms. The van der Waals surface area contributed by atoms with Gasteiger partial charge in [0.2, 0.25) is 0 Å². The molecular weight excluding hydrogens is 312 g/mol. The lowest BCUT2D eigenvalue weighted by atomic mass is 10.2. The van der Waals surface area contributed by atoms with E-state index in [4.69, 9.17) is 9.84 Å². The van der Waals surface area contributed by atoms with E-state index in [1.54, 1.807) is 42.5 Å². The number of nitrogens with zero attached hydrogens (tertiary/aromatic N) is 1. The number of amides is 1. The Hall–Kier alpha value is -1.92. The maximum atomic E-state index is 12.1. The number of benzene rings is 1. The highest BCUT2D eigenvalue weighted by Crippen LogP contribution is 2.18. The minimum Gasteiger partial charge on any atom is -0.481 e. The zero-order chi connectivity index (χ0) is 16.8. The molecule has 1 atom stereocenters. The Morgan fingerprint density at radius 3 is 2.83 bits per heavy atom. The van der Waals surface area contributed by atoms with Crippen molar-refractivity contribution in [2.24, 2.45) is 0 Å². The fraction of sp³-hybridized carbons (Fsp3) is 0.412. The Bertz CT molecular complexity index is 655. The number of hydrogen-bond acceptors (Lipinski definition) is 5. The maximum Gasteiger partial charge on any atom is 0.261 e. The number of nitrogens with one attached hydrogen (secondary N) is 1. The first-order valence-corrected chi connectivity index (χ1v) is 8.46. The van der Waals surface area contributed by atoms with E-state index < -0.39 is 6.10 Å². The molecule has 0 aliphatic rings. The van der Waals surface area contributed by atoms with Gasteiger partial charge in [-0.05, 0) is 30.5 Å². The third-order valence-electron chi connectivity index (χ3n) is 3.34. The van der Waals surface area contributed by atoms with Crippen LogP contribution in [0.1, 0.15) is 43.0 Å². The summed E-state index contributed by atoms with van der Waals surface area (Å²) in [5, 5.41) is 14.9. The molecule has 1 heterocycles. The Morgan fingerprint density at radius 1 is 1.39 bits per heavy atom. The number of thiazole rings is 1. The molecule has 1 aromatic carbocycles. The van der Waals surface area contributed by atoms with Crippen LogP contribution in [0.15, 0.2) is 29.6 Å². The van der Waals surface area contributed by atoms with Gasteiger partial charge in [-0.25, -0.2) is 4.98 Å². The molecule has 0 fully saturated rings. The predicted octanol–water partition coefficient (Wildman–Crippen LogP) is 2.84. The average molecular weight is 334 g/mol. The molecule has 0 radical (unpaired) electrons. The first kappa shape index (κ1) is 17.4. The number of aromatic nitrogens is 1. The van der Waals surface area contributed by atoms with Gasteiger partial charge in [0.05, 0.1) is 18.8 Å². The van der Waals surface area contributed by atoms with Crippen LogP contribution in [0, 0.1) is 0 Å². The van der Waals surface area contributed by atoms with Crippen molar-refractivity contribution in [1.82, 2.24) is 10.3 Å². The zero-order valence-electron chi connectivity index (χ0n) is 13.6. The number of aliphatic hydroxyl groups excluding tert-OH is 1. The van der Waals surface area contributed by atoms with Crippen molar-refractivity contribution >= 4 is 17.2 Å². The van der Waals surface area contributed by atoms with Gasteiger partial charge >= 0.3 is 0 Å². The van der Waals surface area contributed by atoms with E-state index in [1.807, 2.05) is 5.38 Å². The lowest BCUT2D eigenvalue weighted by molar-refractivity contribution is -0.127. The van der Waals surface area contributed by atoms with Gasteiger partial charge < -0.3 is 15.2 Å². The van der Waals surface area contributed by atoms with Crippen LogP contribution in [0.3, 0.4) is 0 Å². The summed E-state index contributed by atoms with van der Waals surface area (Å²) in [6.07, 6.45) is -0.617. The highest BCUT2D eigenvalue weighted by Gasteiger charge is 2.15. The van der Waals surface area contributed by atoms with Crippen LogP contribution in [0.25, 0.3) is 0 Å². The molecule has 1 amide bonds. The van der Waals surface area contributed by atoms with Crippen molar-refractivity contribution in [2.45, 2.75) is 45.9 Å². The molecule has 23 heavy (non-hydrogen) atoms. The van der Waals surface area contributed by atoms with E-state index in [-0.39, 0.29) is 12.5 Å². The Balaban J connectivity index is 1.86. The monoisotopic (exact) mass is 334 g/mol. The molecule has 0 aliphatic heterocycles. The topological polar surface area (TPSA) is 71.5 Å². The minimum atomic E-state index is -0.617. The van der Waals surface area contributed by atoms with Gasteiger partial charge in [-0.3, -0.25) is 4.79 Å². The van der Waals surface area contributed by atoms with Crippen molar-refractivity contribution in [2.75, 3.05) is 0 Å². The number of rotatable bonds is 7. The van der Waals surface area contributed by atoms with Crippen LogP contribution in [-0.4, -0.2) is 22.1 Å². The van der Waals surface area contributed by atoms with E-state index >= 15 is 0 Å². The number of carbonyl (C=O) groups excluding carboxylic acids is 1. The fourth-order valence-electron chi connectivity index (χ4n) is 1.95. The second kappa shape index (κ2) is 8.08. The van der Waals surface area contributed by atoms with Crippen LogP contribution >= 0.6 is 11.3 Å². The number of aliphatic hydroxyl groups is 1. The van der Waals surface area contributed by atoms with E-state index in [2.05, 4.69) is 24.1 Å². The van der Waals surface area contributed by atoms with Gasteiger partial charge in [0.15, 0.2) is 6.10 Å². The predicted molar refractivity (Wildman–Crippen MR) is 90.5 cm³/mol. The number of carbonyl (C=O) groups is 1. The molecule has 5 nitrogen and oxygen atoms in total. The van der Waals surface area contributed by atoms with Crippen molar-refractivity contribution in [1.29, 1.82) is 0 Å². The molecule has 0 aliphatic carbocycles. The summed E-state index contributed by atoms with van der Waals surface area (Å²) in [4.78, 5) is 16.6. The second-order valence-electron chi connectivity index (χ2n) is 5.60. The number of ether oxygens (including phenoxy) is 1. The molecule has 1 unspecified atom stereocenters. The minimum absolute atomic E-state index is 0.0555. The van der Waals surface area contributed by atoms with Gasteiger partial charge in [-0.1, -0.05) is 26.0 Å². The summed E-state index contributed by atoms with van der Waals surface area (Å²) in [5.74, 6) is 0.757. The van der Waals surface area contributed by atoms with Gasteiger partial charge in [-0.2, -0.15) is 0 Å². The summed E-state index contributed by atoms with van der Waals surface area (Å²) in [6, 6.07) is 7.07. The van der Waals surface area contributed by atoms with Crippen LogP contribution in [-0.2, 0) is 17.9 Å². The lowest BCUT2D eigenvalue weighted by Crippen LogP contribution is -2.35. The zero-order valence-corrected chi connectivity index (χ0v) is 14.4. The second-order valence-corrected chi connectivity index (χ2v) is 6.55. The van der Waals surface area contributed by atoms with Crippen LogP contribution in [0.5, 0.6) is 5.75 Å². The van der Waals surface area contributed by atoms with E-state index in [1.165, 1.54) is 0 Å². The summed E-state index contributed by atoms with van der Waals surface area (Å²) >= 11 is 1.55. The van der Waals surface area contributed by atoms with Gasteiger partial charge in [0, 0.05) is 5.38 Å². The number of hydrogen-bond donors (Lipinski definition) is 2. The largest absolute Gasteiger partial charge is 0.481 e. The first-order valence-electron chi connectivity index (χ1n) is 7.58. The lowest BCUT2D eigenvalue weighted by Gasteiger charge is -2.14. The summed E-state index contributed by atoms with van der Waals surface area (Å²) < 4.78 is 5.61. The Morgan fingerprint density at radius 2 is 2.17 bits per heavy atom. The smallest absolute Gasteiger partial charge is 0.261 e. The van der Waals surface area contributed by atoms with Gasteiger partial charge in [0.25, 0.3) is 5.91 Å². The Labute approximate surface area is 140 Å². The van der Waals surface area contributed by atoms with Crippen molar-refractivity contribution in [3.63, 3.8) is 0 Å². The molecule has 6 heteroatoms. The normalized spacial score (nSPS) is 12.2. The van der Waals surface area contributed by atoms with Gasteiger partial charge in [-0.15, -0.1) is 11.3 Å². The molecule has 0 saturated carbocycles. The van der Waals surface area contributed by atoms with Crippen LogP contribution in [0.4, 0.5) is 0 Å². The molecule has 1 aromatic heterocycles. The average Bonchev–Trinajstić information content (AvgIpc) is 3.02. The third kappa shape index (κ3) is 5.04. The fourth-order valence-corrected chi connectivity index (χ4v) is 2.85. The van der Waals surface area contributed by atoms with E-state index in [0.717, 1.165) is 16.3 Å². The van der Waals surface area contributed by atoms with Crippen LogP contribution < -0.4 is 10.1 Å². The first-order chi connectivity index (χ1) is 11.0. The van der Waals surface area contributed by atoms with E-state index in [9.17, 15) is 4.79 Å². The molecule has 2 aromatic rings. The summed E-state index contributed by atoms with van der Waals surface area (Å²) in [6.45, 7) is 6.23. The summed E-state index contributed by atoms with van der Waals surface area (Å²) in [7, 11) is 0. The highest BCUT2D eigenvalue weighted by atomic mass is 32.1. The SMILES string of the molecule is CC(Oc1cccc(CO)c1)C(=O)NCc1nc(C(C)C)cs1. The van der Waals surface area contributed by atoms with Gasteiger partial charge in [0.1, 0.15) is 10.8 Å². The van der Waals surface area contributed by atoms with Crippen LogP contribution in [0.2, 0.25) is 0 Å². The molecular formula is C17H22N2O3S. The molecule has 0 saturated heterocycles. The molecule has 124 valence electrons. The van der Waals surface area contributed by atoms with E-state index in [0.29, 0.717) is 18.2 Å². The molecule has 2 N–H and O–H groups in total. The van der Waals surface area contributed by atoms with Crippen molar-refractivity contribution < 1.29 is 14.6 Å². The quantitative estimate of drug-likeness (QED) is 0.817. The Kier molecular flexibility index (Phi) is 6.12. The standard InChI is InChI=1S/C17H22N2O3S/c1-11(2)15-10-23-16(19-15)8-18-17(21)12(3)22-14-6-4-5-13(7-14)9-20/h4-7,10-12,20H,8-9H2,1-3H3,(H,18,21). The highest BCUT2D eigenvalue weighted by molar-refractivity contribution is 7.09. The third-order valence-corrected chi connectivity index (χ3v) is 4.21. The molecule has 2 rings (SSSR count). The van der Waals surface area contributed by atoms with Crippen molar-refractivity contribution in [3.05, 3.63) is 45.9 Å². The van der Waals surface area contributed by atoms with Crippen molar-refractivity contribution in [3.8, 4) is 5.75 Å². The molecule has 0 spiro atoms.